The summed E-state index contributed by atoms with van der Waals surface area (Å²) in [5.74, 6) is -0.313. The molecule has 0 saturated carbocycles. The van der Waals surface area contributed by atoms with Gasteiger partial charge in [0.05, 0.1) is 19.8 Å². The van der Waals surface area contributed by atoms with Gasteiger partial charge in [-0.1, -0.05) is 193 Å². The minimum atomic E-state index is -1.53. The molecule has 0 aromatic rings. The smallest absolute Gasteiger partial charge is 0.306 e. The molecule has 1 heterocycles. The normalized spacial score (nSPS) is 20.4. The maximum absolute atomic E-state index is 12.8. The number of carbonyl (C=O) groups is 1. The van der Waals surface area contributed by atoms with Crippen LogP contribution in [0.1, 0.15) is 226 Å². The van der Waals surface area contributed by atoms with Crippen molar-refractivity contribution in [3.8, 4) is 0 Å². The summed E-state index contributed by atoms with van der Waals surface area (Å²) in [7, 11) is 0. The first kappa shape index (κ1) is 53.9. The van der Waals surface area contributed by atoms with Gasteiger partial charge in [-0.25, -0.2) is 0 Å². The quantitative estimate of drug-likeness (QED) is 0.0270. The first-order valence-corrected chi connectivity index (χ1v) is 24.3. The number of hydrogen-bond donors (Lipinski definition) is 4. The van der Waals surface area contributed by atoms with Crippen molar-refractivity contribution in [3.05, 3.63) is 12.2 Å². The Hall–Kier alpha value is -1.07. The minimum Gasteiger partial charge on any atom is -0.457 e. The van der Waals surface area contributed by atoms with Crippen LogP contribution in [0.5, 0.6) is 0 Å². The molecule has 4 N–H and O–H groups in total. The Labute approximate surface area is 350 Å². The Balaban J connectivity index is 2.22. The zero-order chi connectivity index (χ0) is 41.4. The lowest BCUT2D eigenvalue weighted by molar-refractivity contribution is -0.305. The largest absolute Gasteiger partial charge is 0.457 e. The average Bonchev–Trinajstić information content (AvgIpc) is 3.21. The van der Waals surface area contributed by atoms with Gasteiger partial charge in [-0.2, -0.15) is 0 Å². The maximum atomic E-state index is 12.8. The number of hydrogen-bond acceptors (Lipinski definition) is 9. The number of esters is 1. The van der Waals surface area contributed by atoms with Gasteiger partial charge >= 0.3 is 5.97 Å². The highest BCUT2D eigenvalue weighted by molar-refractivity contribution is 5.69. The van der Waals surface area contributed by atoms with Crippen LogP contribution < -0.4 is 0 Å². The van der Waals surface area contributed by atoms with E-state index in [-0.39, 0.29) is 19.2 Å². The van der Waals surface area contributed by atoms with Crippen LogP contribution in [-0.2, 0) is 23.7 Å². The lowest BCUT2D eigenvalue weighted by Gasteiger charge is -2.39. The van der Waals surface area contributed by atoms with Gasteiger partial charge in [0.25, 0.3) is 0 Å². The molecule has 0 bridgehead atoms. The van der Waals surface area contributed by atoms with E-state index in [1.807, 2.05) is 0 Å². The Bertz CT molecular complexity index is 884. The molecule has 0 spiro atoms. The van der Waals surface area contributed by atoms with Gasteiger partial charge < -0.3 is 39.4 Å². The second-order valence-electron chi connectivity index (χ2n) is 16.9. The van der Waals surface area contributed by atoms with Crippen LogP contribution in [0, 0.1) is 0 Å². The fourth-order valence-electron chi connectivity index (χ4n) is 7.61. The standard InChI is InChI=1S/C48H92O9/c1-3-5-7-9-11-13-15-17-19-21-23-25-27-29-31-33-35-37-44(50)56-42(41-55-48-47(53)46(52)45(51)43(39-49)57-48)40-54-38-36-34-32-30-28-26-24-22-20-18-16-14-12-10-8-6-4-2/h17,19,42-43,45-49,51-53H,3-16,18,20-41H2,1-2H3/b19-17-. The molecule has 57 heavy (non-hydrogen) atoms. The third-order valence-corrected chi connectivity index (χ3v) is 11.4. The van der Waals surface area contributed by atoms with Crippen LogP contribution in [0.25, 0.3) is 0 Å². The molecule has 0 amide bonds. The minimum absolute atomic E-state index is 0.109. The van der Waals surface area contributed by atoms with Gasteiger partial charge in [0.15, 0.2) is 6.29 Å². The fraction of sp³-hybridized carbons (Fsp3) is 0.938. The molecule has 1 rings (SSSR count). The molecule has 1 aliphatic heterocycles. The molecule has 6 unspecified atom stereocenters. The van der Waals surface area contributed by atoms with Crippen LogP contribution >= 0.6 is 0 Å². The fourth-order valence-corrected chi connectivity index (χ4v) is 7.61. The van der Waals surface area contributed by atoms with Crippen LogP contribution in [0.3, 0.4) is 0 Å². The maximum Gasteiger partial charge on any atom is 0.306 e. The number of ether oxygens (including phenoxy) is 4. The Morgan fingerprint density at radius 1 is 0.544 bits per heavy atom. The summed E-state index contributed by atoms with van der Waals surface area (Å²) in [6.07, 6.45) is 38.1. The molecule has 9 heteroatoms. The van der Waals surface area contributed by atoms with Crippen molar-refractivity contribution in [1.82, 2.24) is 0 Å². The number of carbonyl (C=O) groups excluding carboxylic acids is 1. The van der Waals surface area contributed by atoms with Gasteiger partial charge in [0, 0.05) is 13.0 Å². The van der Waals surface area contributed by atoms with E-state index >= 15 is 0 Å². The molecule has 0 radical (unpaired) electrons. The molecule has 9 nitrogen and oxygen atoms in total. The van der Waals surface area contributed by atoms with E-state index in [0.717, 1.165) is 32.1 Å². The summed E-state index contributed by atoms with van der Waals surface area (Å²) in [6.45, 7) is 4.59. The summed E-state index contributed by atoms with van der Waals surface area (Å²) in [5, 5.41) is 40.2. The Morgan fingerprint density at radius 3 is 1.42 bits per heavy atom. The van der Waals surface area contributed by atoms with Crippen molar-refractivity contribution < 1.29 is 44.2 Å². The monoisotopic (exact) mass is 813 g/mol. The number of allylic oxidation sites excluding steroid dienone is 2. The SMILES string of the molecule is CCCCCCCC/C=C\CCCCCCCCCC(=O)OC(COCCCCCCCCCCCCCCCCCCC)COC1OC(CO)C(O)C(O)C1O. The van der Waals surface area contributed by atoms with Crippen molar-refractivity contribution >= 4 is 5.97 Å². The van der Waals surface area contributed by atoms with Crippen LogP contribution in [0.15, 0.2) is 12.2 Å². The average molecular weight is 813 g/mol. The third-order valence-electron chi connectivity index (χ3n) is 11.4. The predicted octanol–water partition coefficient (Wildman–Crippen LogP) is 11.2. The Kier molecular flexibility index (Phi) is 38.2. The molecule has 1 fully saturated rings. The van der Waals surface area contributed by atoms with Crippen LogP contribution in [0.2, 0.25) is 0 Å². The number of aliphatic hydroxyl groups excluding tert-OH is 4. The first-order valence-electron chi connectivity index (χ1n) is 24.3. The second-order valence-corrected chi connectivity index (χ2v) is 16.9. The number of rotatable bonds is 42. The third kappa shape index (κ3) is 31.5. The summed E-state index contributed by atoms with van der Waals surface area (Å²) in [4.78, 5) is 12.8. The predicted molar refractivity (Wildman–Crippen MR) is 233 cm³/mol. The molecule has 338 valence electrons. The number of aliphatic hydroxyl groups is 4. The van der Waals surface area contributed by atoms with E-state index in [0.29, 0.717) is 13.0 Å². The van der Waals surface area contributed by atoms with Crippen molar-refractivity contribution in [2.45, 2.75) is 263 Å². The van der Waals surface area contributed by atoms with E-state index in [9.17, 15) is 25.2 Å². The highest BCUT2D eigenvalue weighted by atomic mass is 16.7. The van der Waals surface area contributed by atoms with Gasteiger partial charge in [-0.3, -0.25) is 4.79 Å². The number of unbranched alkanes of at least 4 members (excludes halogenated alkanes) is 29. The highest BCUT2D eigenvalue weighted by Gasteiger charge is 2.44. The van der Waals surface area contributed by atoms with Gasteiger partial charge in [0.1, 0.15) is 30.5 Å². The summed E-state index contributed by atoms with van der Waals surface area (Å²) >= 11 is 0. The molecular weight excluding hydrogens is 721 g/mol. The summed E-state index contributed by atoms with van der Waals surface area (Å²) < 4.78 is 22.9. The van der Waals surface area contributed by atoms with E-state index in [1.165, 1.54) is 173 Å². The van der Waals surface area contributed by atoms with E-state index < -0.39 is 43.4 Å². The van der Waals surface area contributed by atoms with Gasteiger partial charge in [-0.05, 0) is 38.5 Å². The van der Waals surface area contributed by atoms with Gasteiger partial charge in [0.2, 0.25) is 0 Å². The summed E-state index contributed by atoms with van der Waals surface area (Å²) in [6, 6.07) is 0. The van der Waals surface area contributed by atoms with Crippen LogP contribution in [-0.4, -0.2) is 89.6 Å². The van der Waals surface area contributed by atoms with Crippen molar-refractivity contribution in [3.63, 3.8) is 0 Å². The molecule has 6 atom stereocenters. The molecule has 0 aromatic heterocycles. The molecule has 0 aromatic carbocycles. The zero-order valence-corrected chi connectivity index (χ0v) is 37.1. The molecule has 1 aliphatic rings. The molecule has 0 aliphatic carbocycles. The lowest BCUT2D eigenvalue weighted by atomic mass is 9.99. The summed E-state index contributed by atoms with van der Waals surface area (Å²) in [5.41, 5.74) is 0. The topological polar surface area (TPSA) is 135 Å². The molecular formula is C48H92O9. The Morgan fingerprint density at radius 2 is 0.965 bits per heavy atom. The highest BCUT2D eigenvalue weighted by Crippen LogP contribution is 2.23. The lowest BCUT2D eigenvalue weighted by Crippen LogP contribution is -2.59. The van der Waals surface area contributed by atoms with Crippen molar-refractivity contribution in [1.29, 1.82) is 0 Å². The second kappa shape index (κ2) is 40.3. The van der Waals surface area contributed by atoms with Crippen molar-refractivity contribution in [2.75, 3.05) is 26.4 Å². The first-order chi connectivity index (χ1) is 27.9. The van der Waals surface area contributed by atoms with E-state index in [4.69, 9.17) is 18.9 Å². The van der Waals surface area contributed by atoms with Gasteiger partial charge in [-0.15, -0.1) is 0 Å². The zero-order valence-electron chi connectivity index (χ0n) is 37.1. The van der Waals surface area contributed by atoms with Crippen LogP contribution in [0.4, 0.5) is 0 Å². The van der Waals surface area contributed by atoms with E-state index in [2.05, 4.69) is 26.0 Å². The van der Waals surface area contributed by atoms with Crippen molar-refractivity contribution in [2.24, 2.45) is 0 Å². The molecule has 1 saturated heterocycles. The van der Waals surface area contributed by atoms with E-state index in [1.54, 1.807) is 0 Å².